The molecule has 3 N–H and O–H groups in total. The summed E-state index contributed by atoms with van der Waals surface area (Å²) in [5, 5.41) is 2.72. The number of amides is 3. The average molecular weight is 740 g/mol. The number of aromatic nitrogens is 4. The van der Waals surface area contributed by atoms with Gasteiger partial charge in [-0.2, -0.15) is 0 Å². The van der Waals surface area contributed by atoms with Gasteiger partial charge in [0.2, 0.25) is 5.91 Å². The standard InChI is InChI=1S/C44H49N7O4/c1-55-44(54)49-40(34-12-6-3-7-13-34)43(53)51-25-9-15-38(51)42-46-28-36(48-42)33-22-18-31(19-23-33)30-16-20-32(21-17-30)35-27-45-41(47-35)37-14-8-24-50(37)39(52)26-29-10-4-2-5-11-29/h3,6-7,12-13,16-23,27-29,37-38,40H,2,4-5,8-11,14-15,24-26H2,1H3,(H,45,47)(H,46,48)(H,49,54)/t37-,38-,40+/m0/s1. The van der Waals surface area contributed by atoms with Crippen molar-refractivity contribution in [3.8, 4) is 33.6 Å². The Morgan fingerprint density at radius 1 is 0.691 bits per heavy atom. The number of methoxy groups -OCH3 is 1. The first-order chi connectivity index (χ1) is 26.9. The number of nitrogens with one attached hydrogen (secondary N) is 3. The Morgan fingerprint density at radius 2 is 1.22 bits per heavy atom. The second-order valence-electron chi connectivity index (χ2n) is 15.1. The van der Waals surface area contributed by atoms with Gasteiger partial charge in [-0.1, -0.05) is 98.1 Å². The molecule has 8 rings (SSSR count). The van der Waals surface area contributed by atoms with Crippen molar-refractivity contribution in [2.24, 2.45) is 5.92 Å². The molecule has 4 heterocycles. The van der Waals surface area contributed by atoms with Gasteiger partial charge >= 0.3 is 6.09 Å². The maximum Gasteiger partial charge on any atom is 0.407 e. The van der Waals surface area contributed by atoms with Crippen molar-refractivity contribution in [2.75, 3.05) is 20.2 Å². The molecular formula is C44H49N7O4. The van der Waals surface area contributed by atoms with Crippen molar-refractivity contribution in [3.63, 3.8) is 0 Å². The number of aromatic amines is 2. The molecule has 1 saturated carbocycles. The third-order valence-electron chi connectivity index (χ3n) is 11.7. The van der Waals surface area contributed by atoms with Gasteiger partial charge in [-0.05, 0) is 72.3 Å². The van der Waals surface area contributed by atoms with Crippen molar-refractivity contribution in [1.82, 2.24) is 35.1 Å². The lowest BCUT2D eigenvalue weighted by Gasteiger charge is -2.28. The Balaban J connectivity index is 0.913. The van der Waals surface area contributed by atoms with E-state index in [9.17, 15) is 14.4 Å². The number of ether oxygens (including phenoxy) is 1. The summed E-state index contributed by atoms with van der Waals surface area (Å²) in [6, 6.07) is 25.0. The molecule has 1 aliphatic carbocycles. The maximum atomic E-state index is 13.9. The molecule has 284 valence electrons. The molecule has 5 aromatic rings. The predicted molar refractivity (Wildman–Crippen MR) is 210 cm³/mol. The van der Waals surface area contributed by atoms with Crippen LogP contribution in [0.1, 0.15) is 99.5 Å². The first-order valence-electron chi connectivity index (χ1n) is 19.8. The van der Waals surface area contributed by atoms with Crippen molar-refractivity contribution in [1.29, 1.82) is 0 Å². The van der Waals surface area contributed by atoms with Crippen LogP contribution in [0.25, 0.3) is 33.6 Å². The fourth-order valence-electron chi connectivity index (χ4n) is 8.69. The Kier molecular flexibility index (Phi) is 10.8. The van der Waals surface area contributed by atoms with E-state index in [2.05, 4.69) is 68.7 Å². The van der Waals surface area contributed by atoms with E-state index in [0.29, 0.717) is 24.4 Å². The van der Waals surface area contributed by atoms with E-state index in [1.165, 1.54) is 39.2 Å². The molecule has 2 aromatic heterocycles. The minimum Gasteiger partial charge on any atom is -0.453 e. The molecule has 2 saturated heterocycles. The zero-order chi connectivity index (χ0) is 37.7. The molecule has 3 atom stereocenters. The molecule has 0 radical (unpaired) electrons. The van der Waals surface area contributed by atoms with E-state index in [4.69, 9.17) is 14.7 Å². The normalized spacial score (nSPS) is 19.4. The minimum atomic E-state index is -0.863. The smallest absolute Gasteiger partial charge is 0.407 e. The number of carbonyl (C=O) groups excluding carboxylic acids is 3. The molecule has 0 spiro atoms. The van der Waals surface area contributed by atoms with Gasteiger partial charge in [0.25, 0.3) is 5.91 Å². The molecular weight excluding hydrogens is 691 g/mol. The molecule has 3 fully saturated rings. The monoisotopic (exact) mass is 739 g/mol. The number of likely N-dealkylation sites (tertiary alicyclic amines) is 2. The molecule has 3 aliphatic rings. The van der Waals surface area contributed by atoms with E-state index in [0.717, 1.165) is 77.5 Å². The molecule has 0 unspecified atom stereocenters. The summed E-state index contributed by atoms with van der Waals surface area (Å²) >= 11 is 0. The Morgan fingerprint density at radius 3 is 1.78 bits per heavy atom. The van der Waals surface area contributed by atoms with Crippen LogP contribution in [0, 0.1) is 5.92 Å². The summed E-state index contributed by atoms with van der Waals surface area (Å²) in [5.41, 5.74) is 6.76. The van der Waals surface area contributed by atoms with Crippen LogP contribution < -0.4 is 5.32 Å². The molecule has 0 bridgehead atoms. The quantitative estimate of drug-likeness (QED) is 0.131. The van der Waals surface area contributed by atoms with Crippen LogP contribution in [0.15, 0.2) is 91.3 Å². The number of carbonyl (C=O) groups is 3. The summed E-state index contributed by atoms with van der Waals surface area (Å²) in [7, 11) is 1.29. The van der Waals surface area contributed by atoms with Gasteiger partial charge in [0, 0.05) is 19.5 Å². The molecule has 11 heteroatoms. The third-order valence-corrected chi connectivity index (χ3v) is 11.7. The van der Waals surface area contributed by atoms with Crippen molar-refractivity contribution >= 4 is 17.9 Å². The molecule has 2 aliphatic heterocycles. The summed E-state index contributed by atoms with van der Waals surface area (Å²) in [6.07, 6.45) is 13.5. The Labute approximate surface area is 321 Å². The predicted octanol–water partition coefficient (Wildman–Crippen LogP) is 8.53. The number of hydrogen-bond donors (Lipinski definition) is 3. The second-order valence-corrected chi connectivity index (χ2v) is 15.1. The Hall–Kier alpha value is -5.71. The highest BCUT2D eigenvalue weighted by Crippen LogP contribution is 2.36. The van der Waals surface area contributed by atoms with Crippen molar-refractivity contribution < 1.29 is 19.1 Å². The van der Waals surface area contributed by atoms with Crippen LogP contribution in [0.5, 0.6) is 0 Å². The van der Waals surface area contributed by atoms with Gasteiger partial charge in [0.1, 0.15) is 17.7 Å². The van der Waals surface area contributed by atoms with Crippen LogP contribution in [0.4, 0.5) is 4.79 Å². The number of rotatable bonds is 10. The van der Waals surface area contributed by atoms with Gasteiger partial charge in [0.05, 0.1) is 43.0 Å². The van der Waals surface area contributed by atoms with Crippen LogP contribution >= 0.6 is 0 Å². The van der Waals surface area contributed by atoms with Gasteiger partial charge in [-0.25, -0.2) is 14.8 Å². The number of H-pyrrole nitrogens is 2. The first-order valence-corrected chi connectivity index (χ1v) is 19.8. The fraction of sp³-hybridized carbons (Fsp3) is 0.386. The number of benzene rings is 3. The number of nitrogens with zero attached hydrogens (tertiary/aromatic N) is 4. The SMILES string of the molecule is COC(=O)N[C@@H](C(=O)N1CCC[C@H]1c1ncc(-c2ccc(-c3ccc(-c4cnc([C@@H]5CCCN5C(=O)CC5CCCCC5)[nH]4)cc3)cc2)[nH]1)c1ccccc1. The van der Waals surface area contributed by atoms with E-state index in [-0.39, 0.29) is 23.9 Å². The highest BCUT2D eigenvalue weighted by Gasteiger charge is 2.37. The first kappa shape index (κ1) is 36.3. The summed E-state index contributed by atoms with van der Waals surface area (Å²) in [4.78, 5) is 59.7. The molecule has 55 heavy (non-hydrogen) atoms. The van der Waals surface area contributed by atoms with Crippen LogP contribution in [-0.4, -0.2) is 67.8 Å². The topological polar surface area (TPSA) is 136 Å². The van der Waals surface area contributed by atoms with Gasteiger partial charge in [0.15, 0.2) is 0 Å². The van der Waals surface area contributed by atoms with Crippen molar-refractivity contribution in [2.45, 2.75) is 82.3 Å². The second kappa shape index (κ2) is 16.3. The van der Waals surface area contributed by atoms with E-state index in [1.807, 2.05) is 42.7 Å². The molecule has 3 aromatic carbocycles. The highest BCUT2D eigenvalue weighted by atomic mass is 16.5. The van der Waals surface area contributed by atoms with Crippen LogP contribution in [-0.2, 0) is 14.3 Å². The minimum absolute atomic E-state index is 0.0236. The summed E-state index contributed by atoms with van der Waals surface area (Å²) in [6.45, 7) is 1.38. The lowest BCUT2D eigenvalue weighted by molar-refractivity contribution is -0.135. The zero-order valence-corrected chi connectivity index (χ0v) is 31.4. The lowest BCUT2D eigenvalue weighted by Crippen LogP contribution is -2.42. The van der Waals surface area contributed by atoms with Gasteiger partial charge in [-0.15, -0.1) is 0 Å². The lowest BCUT2D eigenvalue weighted by atomic mass is 9.86. The number of alkyl carbamates (subject to hydrolysis) is 1. The third kappa shape index (κ3) is 7.92. The summed E-state index contributed by atoms with van der Waals surface area (Å²) in [5.74, 6) is 2.22. The number of hydrogen-bond acceptors (Lipinski definition) is 6. The van der Waals surface area contributed by atoms with Gasteiger partial charge in [-0.3, -0.25) is 9.59 Å². The Bertz CT molecular complexity index is 2090. The zero-order valence-electron chi connectivity index (χ0n) is 31.4. The van der Waals surface area contributed by atoms with Gasteiger partial charge < -0.3 is 29.8 Å². The fourth-order valence-corrected chi connectivity index (χ4v) is 8.69. The molecule has 3 amide bonds. The van der Waals surface area contributed by atoms with Crippen molar-refractivity contribution in [3.05, 3.63) is 108 Å². The van der Waals surface area contributed by atoms with E-state index < -0.39 is 12.1 Å². The molecule has 11 nitrogen and oxygen atoms in total. The number of imidazole rings is 2. The largest absolute Gasteiger partial charge is 0.453 e. The maximum absolute atomic E-state index is 13.9. The average Bonchev–Trinajstić information content (AvgIpc) is 4.08. The highest BCUT2D eigenvalue weighted by molar-refractivity contribution is 5.87. The van der Waals surface area contributed by atoms with E-state index in [1.54, 1.807) is 4.90 Å². The van der Waals surface area contributed by atoms with Crippen LogP contribution in [0.3, 0.4) is 0 Å². The summed E-state index contributed by atoms with van der Waals surface area (Å²) < 4.78 is 4.83. The van der Waals surface area contributed by atoms with Crippen LogP contribution in [0.2, 0.25) is 0 Å². The van der Waals surface area contributed by atoms with E-state index >= 15 is 0 Å².